The molecular formula is C21H21ClN2O3. The second-order valence-electron chi connectivity index (χ2n) is 6.51. The Morgan fingerprint density at radius 1 is 1.04 bits per heavy atom. The van der Waals surface area contributed by atoms with Gasteiger partial charge < -0.3 is 19.3 Å². The van der Waals surface area contributed by atoms with Crippen molar-refractivity contribution in [2.45, 2.75) is 0 Å². The number of para-hydroxylation sites is 1. The minimum absolute atomic E-state index is 0.00984. The van der Waals surface area contributed by atoms with Gasteiger partial charge in [-0.25, -0.2) is 0 Å². The lowest BCUT2D eigenvalue weighted by molar-refractivity contribution is -0.134. The molecule has 0 atom stereocenters. The molecule has 2 aliphatic rings. The molecular weight excluding hydrogens is 364 g/mol. The number of benzene rings is 2. The Hall–Kier alpha value is -2.66. The van der Waals surface area contributed by atoms with Crippen molar-refractivity contribution in [3.63, 3.8) is 0 Å². The van der Waals surface area contributed by atoms with Crippen LogP contribution in [0.4, 0.5) is 5.69 Å². The molecule has 1 amide bonds. The van der Waals surface area contributed by atoms with Crippen LogP contribution in [0.3, 0.4) is 0 Å². The summed E-state index contributed by atoms with van der Waals surface area (Å²) in [5.74, 6) is 1.51. The van der Waals surface area contributed by atoms with Crippen molar-refractivity contribution in [1.29, 1.82) is 0 Å². The molecule has 1 saturated heterocycles. The van der Waals surface area contributed by atoms with Crippen LogP contribution in [0.15, 0.2) is 54.6 Å². The Kier molecular flexibility index (Phi) is 5.21. The molecule has 0 saturated carbocycles. The number of anilines is 1. The van der Waals surface area contributed by atoms with Gasteiger partial charge in [0.15, 0.2) is 6.61 Å². The van der Waals surface area contributed by atoms with E-state index in [-0.39, 0.29) is 12.5 Å². The molecule has 0 unspecified atom stereocenters. The van der Waals surface area contributed by atoms with E-state index < -0.39 is 0 Å². The minimum Gasteiger partial charge on any atom is -0.489 e. The number of fused-ring (bicyclic) bond motifs is 1. The van der Waals surface area contributed by atoms with E-state index in [9.17, 15) is 4.79 Å². The van der Waals surface area contributed by atoms with Crippen molar-refractivity contribution >= 4 is 29.0 Å². The van der Waals surface area contributed by atoms with Crippen LogP contribution in [-0.2, 0) is 9.53 Å². The Balaban J connectivity index is 1.30. The number of hydrogen-bond donors (Lipinski definition) is 0. The third-order valence-electron chi connectivity index (χ3n) is 4.84. The lowest BCUT2D eigenvalue weighted by Gasteiger charge is -2.36. The van der Waals surface area contributed by atoms with E-state index in [1.165, 1.54) is 0 Å². The van der Waals surface area contributed by atoms with Crippen molar-refractivity contribution in [2.75, 3.05) is 44.3 Å². The summed E-state index contributed by atoms with van der Waals surface area (Å²) in [6, 6.07) is 15.5. The van der Waals surface area contributed by atoms with Crippen molar-refractivity contribution < 1.29 is 14.3 Å². The molecule has 1 fully saturated rings. The fraction of sp³-hybridized carbons (Fsp3) is 0.286. The maximum Gasteiger partial charge on any atom is 0.260 e. The molecule has 0 aliphatic carbocycles. The second kappa shape index (κ2) is 7.92. The first kappa shape index (κ1) is 17.7. The molecule has 0 N–H and O–H groups in total. The van der Waals surface area contributed by atoms with E-state index in [4.69, 9.17) is 21.1 Å². The number of amides is 1. The number of carbonyl (C=O) groups excluding carboxylic acids is 1. The SMILES string of the molecule is O=C(COC1=CCOc2ccccc21)N1CCN(c2ccc(Cl)cc2)CC1. The number of nitrogens with zero attached hydrogens (tertiary/aromatic N) is 2. The van der Waals surface area contributed by atoms with Gasteiger partial charge in [-0.15, -0.1) is 0 Å². The predicted molar refractivity (Wildman–Crippen MR) is 106 cm³/mol. The summed E-state index contributed by atoms with van der Waals surface area (Å²) in [5, 5.41) is 0.730. The maximum absolute atomic E-state index is 12.5. The van der Waals surface area contributed by atoms with E-state index in [2.05, 4.69) is 4.90 Å². The van der Waals surface area contributed by atoms with Crippen LogP contribution in [-0.4, -0.2) is 50.2 Å². The van der Waals surface area contributed by atoms with Crippen molar-refractivity contribution in [3.8, 4) is 5.75 Å². The van der Waals surface area contributed by atoms with Crippen molar-refractivity contribution in [1.82, 2.24) is 4.90 Å². The standard InChI is InChI=1S/C21H21ClN2O3/c22-16-5-7-17(8-6-16)23-10-12-24(13-11-23)21(25)15-27-20-9-14-26-19-4-2-1-3-18(19)20/h1-9H,10-15H2. The van der Waals surface area contributed by atoms with Gasteiger partial charge in [-0.3, -0.25) is 4.79 Å². The Morgan fingerprint density at radius 3 is 2.56 bits per heavy atom. The monoisotopic (exact) mass is 384 g/mol. The van der Waals surface area contributed by atoms with Crippen LogP contribution >= 0.6 is 11.6 Å². The van der Waals surface area contributed by atoms with Gasteiger partial charge in [0.2, 0.25) is 0 Å². The highest BCUT2D eigenvalue weighted by Gasteiger charge is 2.23. The molecule has 2 aliphatic heterocycles. The van der Waals surface area contributed by atoms with E-state index >= 15 is 0 Å². The average Bonchev–Trinajstić information content (AvgIpc) is 2.72. The zero-order valence-corrected chi connectivity index (χ0v) is 15.7. The van der Waals surface area contributed by atoms with E-state index in [0.29, 0.717) is 25.5 Å². The largest absolute Gasteiger partial charge is 0.489 e. The van der Waals surface area contributed by atoms with E-state index in [1.54, 1.807) is 0 Å². The fourth-order valence-electron chi connectivity index (χ4n) is 3.35. The zero-order valence-electron chi connectivity index (χ0n) is 14.9. The lowest BCUT2D eigenvalue weighted by Crippen LogP contribution is -2.49. The molecule has 2 heterocycles. The molecule has 4 rings (SSSR count). The smallest absolute Gasteiger partial charge is 0.260 e. The van der Waals surface area contributed by atoms with Gasteiger partial charge in [-0.05, 0) is 42.5 Å². The summed E-state index contributed by atoms with van der Waals surface area (Å²) in [7, 11) is 0. The first-order chi connectivity index (χ1) is 13.2. The second-order valence-corrected chi connectivity index (χ2v) is 6.94. The molecule has 2 aromatic rings. The first-order valence-corrected chi connectivity index (χ1v) is 9.42. The Labute approximate surface area is 163 Å². The Morgan fingerprint density at radius 2 is 1.78 bits per heavy atom. The van der Waals surface area contributed by atoms with Crippen LogP contribution in [0.25, 0.3) is 5.76 Å². The molecule has 6 heteroatoms. The van der Waals surface area contributed by atoms with Crippen LogP contribution < -0.4 is 9.64 Å². The van der Waals surface area contributed by atoms with Gasteiger partial charge in [-0.2, -0.15) is 0 Å². The summed E-state index contributed by atoms with van der Waals surface area (Å²) in [5.41, 5.74) is 2.02. The zero-order chi connectivity index (χ0) is 18.6. The van der Waals surface area contributed by atoms with Crippen molar-refractivity contribution in [3.05, 3.63) is 65.2 Å². The molecule has 2 aromatic carbocycles. The average molecular weight is 385 g/mol. The third-order valence-corrected chi connectivity index (χ3v) is 5.09. The van der Waals surface area contributed by atoms with Crippen LogP contribution in [0.2, 0.25) is 5.02 Å². The highest BCUT2D eigenvalue weighted by Crippen LogP contribution is 2.30. The molecule has 27 heavy (non-hydrogen) atoms. The summed E-state index contributed by atoms with van der Waals surface area (Å²) in [4.78, 5) is 16.7. The molecule has 0 bridgehead atoms. The normalized spacial score (nSPS) is 16.3. The van der Waals surface area contributed by atoms with E-state index in [0.717, 1.165) is 35.1 Å². The molecule has 140 valence electrons. The first-order valence-electron chi connectivity index (χ1n) is 9.04. The number of rotatable bonds is 4. The Bertz CT molecular complexity index is 843. The number of hydrogen-bond acceptors (Lipinski definition) is 4. The quantitative estimate of drug-likeness (QED) is 0.809. The topological polar surface area (TPSA) is 42.0 Å². The summed E-state index contributed by atoms with van der Waals surface area (Å²) in [6.07, 6.45) is 1.87. The molecule has 0 aromatic heterocycles. The summed E-state index contributed by atoms with van der Waals surface area (Å²) < 4.78 is 11.4. The minimum atomic E-state index is 0.00984. The van der Waals surface area contributed by atoms with Gasteiger partial charge in [0.25, 0.3) is 5.91 Å². The summed E-state index contributed by atoms with van der Waals surface area (Å²) in [6.45, 7) is 3.47. The third kappa shape index (κ3) is 4.03. The molecule has 0 radical (unpaired) electrons. The van der Waals surface area contributed by atoms with Gasteiger partial charge in [0, 0.05) is 36.9 Å². The van der Waals surface area contributed by atoms with Gasteiger partial charge in [-0.1, -0.05) is 23.7 Å². The lowest BCUT2D eigenvalue weighted by atomic mass is 10.1. The van der Waals surface area contributed by atoms with Crippen molar-refractivity contribution in [2.24, 2.45) is 0 Å². The highest BCUT2D eigenvalue weighted by molar-refractivity contribution is 6.30. The van der Waals surface area contributed by atoms with Gasteiger partial charge >= 0.3 is 0 Å². The fourth-order valence-corrected chi connectivity index (χ4v) is 3.47. The number of ether oxygens (including phenoxy) is 2. The van der Waals surface area contributed by atoms with Crippen LogP contribution in [0.5, 0.6) is 5.75 Å². The predicted octanol–water partition coefficient (Wildman–Crippen LogP) is 3.44. The summed E-state index contributed by atoms with van der Waals surface area (Å²) >= 11 is 5.95. The van der Waals surface area contributed by atoms with Crippen LogP contribution in [0, 0.1) is 0 Å². The molecule has 0 spiro atoms. The number of carbonyl (C=O) groups is 1. The van der Waals surface area contributed by atoms with E-state index in [1.807, 2.05) is 59.5 Å². The maximum atomic E-state index is 12.5. The van der Waals surface area contributed by atoms with Gasteiger partial charge in [0.05, 0.1) is 5.56 Å². The van der Waals surface area contributed by atoms with Crippen LogP contribution in [0.1, 0.15) is 5.56 Å². The number of piperazine rings is 1. The van der Waals surface area contributed by atoms with Gasteiger partial charge in [0.1, 0.15) is 18.1 Å². The highest BCUT2D eigenvalue weighted by atomic mass is 35.5. The number of halogens is 1. The molecule has 5 nitrogen and oxygen atoms in total.